The van der Waals surface area contributed by atoms with E-state index < -0.39 is 0 Å². The van der Waals surface area contributed by atoms with Crippen molar-refractivity contribution in [3.05, 3.63) is 45.7 Å². The molecule has 2 aliphatic rings. The molecule has 0 amide bonds. The summed E-state index contributed by atoms with van der Waals surface area (Å²) in [6.07, 6.45) is 5.23. The first kappa shape index (κ1) is 13.8. The molecule has 4 rings (SSSR count). The standard InChI is InChI=1S/C16H17ClN4O/c1-18-14-7-15(22)21(12-2-3-13(17)19-8-12)16(20-14)11-5-9-4-10(9)6-11/h2-3,7-11,18H,4-6H2,1H3/t9-,10+,11?. The zero-order chi connectivity index (χ0) is 15.3. The molecular weight excluding hydrogens is 300 g/mol. The molecule has 1 N–H and O–H groups in total. The average molecular weight is 317 g/mol. The number of halogens is 1. The van der Waals surface area contributed by atoms with E-state index in [1.807, 2.05) is 6.07 Å². The van der Waals surface area contributed by atoms with Crippen molar-refractivity contribution < 1.29 is 0 Å². The van der Waals surface area contributed by atoms with Crippen LogP contribution in [0.2, 0.25) is 5.15 Å². The van der Waals surface area contributed by atoms with Gasteiger partial charge in [0.25, 0.3) is 5.56 Å². The van der Waals surface area contributed by atoms with Crippen LogP contribution in [0, 0.1) is 11.8 Å². The summed E-state index contributed by atoms with van der Waals surface area (Å²) in [7, 11) is 1.78. The van der Waals surface area contributed by atoms with Crippen molar-refractivity contribution in [2.45, 2.75) is 25.2 Å². The maximum Gasteiger partial charge on any atom is 0.260 e. The van der Waals surface area contributed by atoms with Gasteiger partial charge in [0.2, 0.25) is 0 Å². The Balaban J connectivity index is 1.84. The molecule has 0 aliphatic heterocycles. The third-order valence-corrected chi connectivity index (χ3v) is 5.00. The second kappa shape index (κ2) is 5.09. The molecule has 2 fully saturated rings. The summed E-state index contributed by atoms with van der Waals surface area (Å²) in [6.45, 7) is 0. The monoisotopic (exact) mass is 316 g/mol. The van der Waals surface area contributed by atoms with Crippen LogP contribution in [0.4, 0.5) is 5.82 Å². The maximum absolute atomic E-state index is 12.6. The molecule has 2 saturated carbocycles. The van der Waals surface area contributed by atoms with Gasteiger partial charge < -0.3 is 5.32 Å². The van der Waals surface area contributed by atoms with E-state index >= 15 is 0 Å². The van der Waals surface area contributed by atoms with Gasteiger partial charge in [-0.1, -0.05) is 11.6 Å². The Kier molecular flexibility index (Phi) is 3.18. The van der Waals surface area contributed by atoms with Gasteiger partial charge in [0.05, 0.1) is 11.9 Å². The lowest BCUT2D eigenvalue weighted by atomic mass is 10.0. The lowest BCUT2D eigenvalue weighted by molar-refractivity contribution is 0.569. The Hall–Kier alpha value is -1.88. The van der Waals surface area contributed by atoms with Gasteiger partial charge in [-0.2, -0.15) is 0 Å². The van der Waals surface area contributed by atoms with Crippen LogP contribution in [-0.4, -0.2) is 21.6 Å². The predicted molar refractivity (Wildman–Crippen MR) is 85.8 cm³/mol. The summed E-state index contributed by atoms with van der Waals surface area (Å²) in [5.41, 5.74) is 0.638. The predicted octanol–water partition coefficient (Wildman–Crippen LogP) is 2.84. The van der Waals surface area contributed by atoms with Crippen LogP contribution < -0.4 is 10.9 Å². The highest BCUT2D eigenvalue weighted by Gasteiger charge is 2.47. The summed E-state index contributed by atoms with van der Waals surface area (Å²) < 4.78 is 1.68. The normalized spacial score (nSPS) is 25.8. The molecule has 5 nitrogen and oxygen atoms in total. The highest BCUT2D eigenvalue weighted by Crippen LogP contribution is 2.57. The fourth-order valence-electron chi connectivity index (χ4n) is 3.59. The molecule has 2 heterocycles. The van der Waals surface area contributed by atoms with E-state index in [0.29, 0.717) is 16.9 Å². The molecule has 22 heavy (non-hydrogen) atoms. The highest BCUT2D eigenvalue weighted by atomic mass is 35.5. The molecule has 0 spiro atoms. The number of hydrogen-bond acceptors (Lipinski definition) is 4. The molecule has 0 bridgehead atoms. The lowest BCUT2D eigenvalue weighted by Gasteiger charge is -2.18. The van der Waals surface area contributed by atoms with Gasteiger partial charge in [0.15, 0.2) is 0 Å². The van der Waals surface area contributed by atoms with Crippen LogP contribution in [-0.2, 0) is 0 Å². The number of hydrogen-bond donors (Lipinski definition) is 1. The molecule has 2 aromatic rings. The van der Waals surface area contributed by atoms with E-state index in [0.717, 1.165) is 36.2 Å². The van der Waals surface area contributed by atoms with Crippen molar-refractivity contribution in [1.82, 2.24) is 14.5 Å². The minimum absolute atomic E-state index is 0.0842. The van der Waals surface area contributed by atoms with Gasteiger partial charge >= 0.3 is 0 Å². The van der Waals surface area contributed by atoms with E-state index in [4.69, 9.17) is 11.6 Å². The molecule has 2 aromatic heterocycles. The van der Waals surface area contributed by atoms with E-state index in [-0.39, 0.29) is 5.56 Å². The minimum atomic E-state index is -0.0842. The van der Waals surface area contributed by atoms with Gasteiger partial charge in [-0.15, -0.1) is 0 Å². The van der Waals surface area contributed by atoms with Crippen molar-refractivity contribution >= 4 is 17.4 Å². The molecule has 2 aliphatic carbocycles. The SMILES string of the molecule is CNc1cc(=O)n(-c2ccc(Cl)nc2)c(C2C[C@@H]3C[C@@H]3C2)n1. The number of nitrogens with one attached hydrogen (secondary N) is 1. The number of fused-ring (bicyclic) bond motifs is 1. The maximum atomic E-state index is 12.6. The molecule has 114 valence electrons. The lowest BCUT2D eigenvalue weighted by Crippen LogP contribution is -2.25. The zero-order valence-electron chi connectivity index (χ0n) is 12.3. The minimum Gasteiger partial charge on any atom is -0.373 e. The summed E-state index contributed by atoms with van der Waals surface area (Å²) in [5, 5.41) is 3.40. The smallest absolute Gasteiger partial charge is 0.260 e. The summed E-state index contributed by atoms with van der Waals surface area (Å²) in [4.78, 5) is 21.3. The van der Waals surface area contributed by atoms with Crippen LogP contribution in [0.5, 0.6) is 0 Å². The van der Waals surface area contributed by atoms with Gasteiger partial charge in [-0.05, 0) is 43.2 Å². The largest absolute Gasteiger partial charge is 0.373 e. The van der Waals surface area contributed by atoms with Gasteiger partial charge in [0.1, 0.15) is 16.8 Å². The van der Waals surface area contributed by atoms with Crippen molar-refractivity contribution in [2.24, 2.45) is 11.8 Å². The number of nitrogens with zero attached hydrogens (tertiary/aromatic N) is 3. The van der Waals surface area contributed by atoms with Crippen LogP contribution in [0.15, 0.2) is 29.2 Å². The van der Waals surface area contributed by atoms with Crippen LogP contribution in [0.25, 0.3) is 5.69 Å². The number of aromatic nitrogens is 3. The third kappa shape index (κ3) is 2.29. The highest BCUT2D eigenvalue weighted by molar-refractivity contribution is 6.29. The van der Waals surface area contributed by atoms with Crippen molar-refractivity contribution in [3.63, 3.8) is 0 Å². The second-order valence-electron chi connectivity index (χ2n) is 6.19. The molecule has 0 radical (unpaired) electrons. The summed E-state index contributed by atoms with van der Waals surface area (Å²) in [5.74, 6) is 3.47. The third-order valence-electron chi connectivity index (χ3n) is 4.78. The van der Waals surface area contributed by atoms with Gasteiger partial charge in [-0.25, -0.2) is 9.97 Å². The number of pyridine rings is 1. The van der Waals surface area contributed by atoms with Crippen LogP contribution in [0.3, 0.4) is 0 Å². The molecule has 6 heteroatoms. The van der Waals surface area contributed by atoms with E-state index in [2.05, 4.69) is 15.3 Å². The first-order valence-electron chi connectivity index (χ1n) is 7.59. The molecular formula is C16H17ClN4O. The van der Waals surface area contributed by atoms with E-state index in [1.165, 1.54) is 12.5 Å². The van der Waals surface area contributed by atoms with Crippen LogP contribution >= 0.6 is 11.6 Å². The summed E-state index contributed by atoms with van der Waals surface area (Å²) in [6, 6.07) is 5.04. The zero-order valence-corrected chi connectivity index (χ0v) is 13.0. The Bertz CT molecular complexity index is 761. The summed E-state index contributed by atoms with van der Waals surface area (Å²) >= 11 is 5.85. The van der Waals surface area contributed by atoms with Crippen molar-refractivity contribution in [1.29, 1.82) is 0 Å². The molecule has 3 atom stereocenters. The average Bonchev–Trinajstić information content (AvgIpc) is 3.13. The topological polar surface area (TPSA) is 59.8 Å². The van der Waals surface area contributed by atoms with E-state index in [1.54, 1.807) is 23.9 Å². The molecule has 0 saturated heterocycles. The van der Waals surface area contributed by atoms with Crippen molar-refractivity contribution in [2.75, 3.05) is 12.4 Å². The van der Waals surface area contributed by atoms with Gasteiger partial charge in [0, 0.05) is 19.0 Å². The number of rotatable bonds is 3. The Morgan fingerprint density at radius 2 is 2.05 bits per heavy atom. The van der Waals surface area contributed by atoms with Crippen molar-refractivity contribution in [3.8, 4) is 5.69 Å². The fourth-order valence-corrected chi connectivity index (χ4v) is 3.70. The Labute approximate surface area is 133 Å². The second-order valence-corrected chi connectivity index (χ2v) is 6.57. The first-order chi connectivity index (χ1) is 10.7. The molecule has 1 unspecified atom stereocenters. The molecule has 0 aromatic carbocycles. The van der Waals surface area contributed by atoms with Crippen LogP contribution in [0.1, 0.15) is 31.0 Å². The first-order valence-corrected chi connectivity index (χ1v) is 7.97. The Morgan fingerprint density at radius 3 is 2.68 bits per heavy atom. The van der Waals surface area contributed by atoms with Gasteiger partial charge in [-0.3, -0.25) is 9.36 Å². The number of anilines is 1. The quantitative estimate of drug-likeness (QED) is 0.885. The Morgan fingerprint density at radius 1 is 1.27 bits per heavy atom. The fraction of sp³-hybridized carbons (Fsp3) is 0.438. The van der Waals surface area contributed by atoms with E-state index in [9.17, 15) is 4.79 Å².